The molecule has 0 radical (unpaired) electrons. The molecule has 0 amide bonds. The quantitative estimate of drug-likeness (QED) is 0.680. The van der Waals surface area contributed by atoms with Crippen LogP contribution in [-0.4, -0.2) is 11.9 Å². The first-order chi connectivity index (χ1) is 13.7. The lowest BCUT2D eigenvalue weighted by atomic mass is 9.62. The molecule has 2 aliphatic rings. The van der Waals surface area contributed by atoms with E-state index in [0.717, 1.165) is 65.8 Å². The van der Waals surface area contributed by atoms with Crippen molar-refractivity contribution in [2.75, 3.05) is 7.05 Å². The van der Waals surface area contributed by atoms with Crippen LogP contribution in [0.1, 0.15) is 43.2 Å². The molecule has 0 atom stereocenters. The first-order valence-electron chi connectivity index (χ1n) is 9.87. The zero-order valence-corrected chi connectivity index (χ0v) is 16.2. The van der Waals surface area contributed by atoms with Crippen LogP contribution in [-0.2, 0) is 0 Å². The van der Waals surface area contributed by atoms with Gasteiger partial charge in [0, 0.05) is 12.5 Å². The summed E-state index contributed by atoms with van der Waals surface area (Å²) in [7, 11) is 1.98. The van der Waals surface area contributed by atoms with Crippen molar-refractivity contribution in [3.63, 3.8) is 0 Å². The lowest BCUT2D eigenvalue weighted by Crippen LogP contribution is -2.37. The van der Waals surface area contributed by atoms with Gasteiger partial charge in [0.1, 0.15) is 0 Å². The molecule has 0 N–H and O–H groups in total. The molecule has 2 aromatic rings. The van der Waals surface area contributed by atoms with E-state index in [1.54, 1.807) is 0 Å². The minimum Gasteiger partial charge on any atom is -0.342 e. The fourth-order valence-corrected chi connectivity index (χ4v) is 4.87. The summed E-state index contributed by atoms with van der Waals surface area (Å²) < 4.78 is 0. The van der Waals surface area contributed by atoms with Gasteiger partial charge in [-0.05, 0) is 24.0 Å². The molecular formula is C25H23N3. The van der Waals surface area contributed by atoms with Crippen LogP contribution in [0.4, 0.5) is 0 Å². The van der Waals surface area contributed by atoms with Crippen LogP contribution in [0.15, 0.2) is 71.8 Å². The van der Waals surface area contributed by atoms with Gasteiger partial charge < -0.3 is 4.90 Å². The van der Waals surface area contributed by atoms with E-state index in [9.17, 15) is 10.5 Å². The summed E-state index contributed by atoms with van der Waals surface area (Å²) in [5.74, 6) is 0. The van der Waals surface area contributed by atoms with Crippen molar-refractivity contribution < 1.29 is 0 Å². The van der Waals surface area contributed by atoms with Gasteiger partial charge in [0.25, 0.3) is 0 Å². The predicted molar refractivity (Wildman–Crippen MR) is 111 cm³/mol. The number of nitrogens with zero attached hydrogens (tertiary/aromatic N) is 3. The monoisotopic (exact) mass is 365 g/mol. The predicted octanol–water partition coefficient (Wildman–Crippen LogP) is 5.75. The molecule has 0 aromatic heterocycles. The number of nitriles is 2. The maximum atomic E-state index is 10.3. The molecule has 3 heteroatoms. The van der Waals surface area contributed by atoms with Gasteiger partial charge in [-0.25, -0.2) is 0 Å². The average molecular weight is 365 g/mol. The molecule has 0 bridgehead atoms. The molecule has 1 aliphatic heterocycles. The summed E-state index contributed by atoms with van der Waals surface area (Å²) in [6.45, 7) is 0. The second-order valence-corrected chi connectivity index (χ2v) is 7.60. The van der Waals surface area contributed by atoms with Crippen LogP contribution >= 0.6 is 0 Å². The number of benzene rings is 2. The molecule has 1 spiro atoms. The highest BCUT2D eigenvalue weighted by molar-refractivity contribution is 5.88. The third kappa shape index (κ3) is 2.72. The molecular weight excluding hydrogens is 342 g/mol. The SMILES string of the molecule is CN1C(c2ccccc2)=C(C#N)C2(CCCCC2)C(C#N)=C1c1ccccc1. The first kappa shape index (κ1) is 18.1. The summed E-state index contributed by atoms with van der Waals surface area (Å²) in [6, 6.07) is 25.3. The van der Waals surface area contributed by atoms with E-state index >= 15 is 0 Å². The normalized spacial score (nSPS) is 18.8. The Kier molecular flexibility index (Phi) is 4.76. The Hall–Kier alpha value is -3.30. The molecule has 2 aromatic carbocycles. The number of allylic oxidation sites excluding steroid dienone is 2. The lowest BCUT2D eigenvalue weighted by molar-refractivity contribution is 0.295. The van der Waals surface area contributed by atoms with Gasteiger partial charge in [0.05, 0.1) is 34.7 Å². The third-order valence-electron chi connectivity index (χ3n) is 6.13. The van der Waals surface area contributed by atoms with E-state index in [4.69, 9.17) is 0 Å². The van der Waals surface area contributed by atoms with E-state index in [-0.39, 0.29) is 0 Å². The van der Waals surface area contributed by atoms with Gasteiger partial charge in [0.2, 0.25) is 0 Å². The van der Waals surface area contributed by atoms with E-state index in [0.29, 0.717) is 0 Å². The summed E-state index contributed by atoms with van der Waals surface area (Å²) in [6.07, 6.45) is 4.98. The molecule has 4 rings (SSSR count). The molecule has 28 heavy (non-hydrogen) atoms. The van der Waals surface area contributed by atoms with Gasteiger partial charge in [-0.3, -0.25) is 0 Å². The summed E-state index contributed by atoms with van der Waals surface area (Å²) in [4.78, 5) is 2.06. The van der Waals surface area contributed by atoms with E-state index in [2.05, 4.69) is 41.3 Å². The maximum Gasteiger partial charge on any atom is 0.0979 e. The molecule has 0 saturated heterocycles. The van der Waals surface area contributed by atoms with Gasteiger partial charge in [-0.1, -0.05) is 79.9 Å². The maximum absolute atomic E-state index is 10.3. The fourth-order valence-electron chi connectivity index (χ4n) is 4.87. The Labute approximate surface area is 166 Å². The third-order valence-corrected chi connectivity index (χ3v) is 6.13. The van der Waals surface area contributed by atoms with Crippen molar-refractivity contribution in [1.29, 1.82) is 10.5 Å². The summed E-state index contributed by atoms with van der Waals surface area (Å²) >= 11 is 0. The van der Waals surface area contributed by atoms with Crippen LogP contribution < -0.4 is 0 Å². The molecule has 1 aliphatic carbocycles. The molecule has 3 nitrogen and oxygen atoms in total. The number of hydrogen-bond acceptors (Lipinski definition) is 3. The Morgan fingerprint density at radius 1 is 0.714 bits per heavy atom. The van der Waals surface area contributed by atoms with Crippen molar-refractivity contribution in [2.45, 2.75) is 32.1 Å². The van der Waals surface area contributed by atoms with Crippen LogP contribution in [0.5, 0.6) is 0 Å². The minimum absolute atomic E-state index is 0.482. The largest absolute Gasteiger partial charge is 0.342 e. The number of rotatable bonds is 2. The number of hydrogen-bond donors (Lipinski definition) is 0. The smallest absolute Gasteiger partial charge is 0.0979 e. The molecule has 138 valence electrons. The van der Waals surface area contributed by atoms with Gasteiger partial charge in [-0.15, -0.1) is 0 Å². The van der Waals surface area contributed by atoms with Crippen molar-refractivity contribution in [3.8, 4) is 12.1 Å². The molecule has 0 unspecified atom stereocenters. The fraction of sp³-hybridized carbons (Fsp3) is 0.280. The van der Waals surface area contributed by atoms with Crippen molar-refractivity contribution in [1.82, 2.24) is 4.90 Å². The summed E-state index contributed by atoms with van der Waals surface area (Å²) in [5.41, 5.74) is 4.93. The van der Waals surface area contributed by atoms with Gasteiger partial charge in [0.15, 0.2) is 0 Å². The van der Waals surface area contributed by atoms with Crippen LogP contribution in [0, 0.1) is 28.1 Å². The first-order valence-corrected chi connectivity index (χ1v) is 9.87. The van der Waals surface area contributed by atoms with Crippen molar-refractivity contribution in [3.05, 3.63) is 82.9 Å². The van der Waals surface area contributed by atoms with Gasteiger partial charge in [-0.2, -0.15) is 10.5 Å². The molecule has 1 heterocycles. The minimum atomic E-state index is -0.482. The second-order valence-electron chi connectivity index (χ2n) is 7.60. The summed E-state index contributed by atoms with van der Waals surface area (Å²) in [5, 5.41) is 20.5. The highest BCUT2D eigenvalue weighted by Crippen LogP contribution is 2.56. The average Bonchev–Trinajstić information content (AvgIpc) is 2.76. The Morgan fingerprint density at radius 2 is 1.14 bits per heavy atom. The second kappa shape index (κ2) is 7.37. The lowest BCUT2D eigenvalue weighted by Gasteiger charge is -2.45. The topological polar surface area (TPSA) is 50.8 Å². The molecule has 1 saturated carbocycles. The standard InChI is InChI=1S/C25H23N3/c1-28-23(19-11-5-2-6-12-19)21(17-26)25(15-9-4-10-16-25)22(18-27)24(28)20-13-7-3-8-14-20/h2-3,5-8,11-14H,4,9-10,15-16H2,1H3. The Morgan fingerprint density at radius 3 is 1.54 bits per heavy atom. The van der Waals surface area contributed by atoms with Gasteiger partial charge >= 0.3 is 0 Å². The van der Waals surface area contributed by atoms with Crippen LogP contribution in [0.25, 0.3) is 11.4 Å². The van der Waals surface area contributed by atoms with Crippen molar-refractivity contribution in [2.24, 2.45) is 5.41 Å². The van der Waals surface area contributed by atoms with Crippen molar-refractivity contribution >= 4 is 11.4 Å². The van der Waals surface area contributed by atoms with Crippen LogP contribution in [0.2, 0.25) is 0 Å². The van der Waals surface area contributed by atoms with Crippen LogP contribution in [0.3, 0.4) is 0 Å². The Bertz CT molecular complexity index is 933. The van der Waals surface area contributed by atoms with E-state index in [1.807, 2.05) is 43.4 Å². The Balaban J connectivity index is 2.05. The van der Waals surface area contributed by atoms with E-state index < -0.39 is 5.41 Å². The highest BCUT2D eigenvalue weighted by atomic mass is 15.1. The zero-order valence-electron chi connectivity index (χ0n) is 16.2. The van der Waals surface area contributed by atoms with E-state index in [1.165, 1.54) is 0 Å². The molecule has 1 fully saturated rings. The highest BCUT2D eigenvalue weighted by Gasteiger charge is 2.47. The zero-order chi connectivity index (χ0) is 19.6.